The average Bonchev–Trinajstić information content (AvgIpc) is 2.59. The minimum Gasteiger partial charge on any atom is -0.404 e. The molecular weight excluding hydrogens is 512 g/mol. The van der Waals surface area contributed by atoms with Crippen molar-refractivity contribution in [3.8, 4) is 5.75 Å². The second-order valence-electron chi connectivity index (χ2n) is 5.17. The van der Waals surface area contributed by atoms with Gasteiger partial charge in [0.1, 0.15) is 0 Å². The van der Waals surface area contributed by atoms with E-state index in [2.05, 4.69) is 20.4 Å². The summed E-state index contributed by atoms with van der Waals surface area (Å²) in [5, 5.41) is 5.47. The molecule has 0 atom stereocenters. The Hall–Kier alpha value is -2.21. The summed E-state index contributed by atoms with van der Waals surface area (Å²) in [6, 6.07) is 12.0. The lowest BCUT2D eigenvalue weighted by Gasteiger charge is -2.14. The minimum atomic E-state index is -4.83. The molecule has 2 rings (SSSR count). The molecule has 28 heavy (non-hydrogen) atoms. The van der Waals surface area contributed by atoms with Crippen LogP contribution in [0.1, 0.15) is 10.4 Å². The molecule has 2 aromatic rings. The molecule has 0 aliphatic carbocycles. The van der Waals surface area contributed by atoms with Gasteiger partial charge in [0.05, 0.1) is 22.8 Å². The summed E-state index contributed by atoms with van der Waals surface area (Å²) >= 11 is 5.92. The van der Waals surface area contributed by atoms with Crippen molar-refractivity contribution in [2.45, 2.75) is 6.36 Å². The van der Waals surface area contributed by atoms with Gasteiger partial charge in [-0.25, -0.2) is 0 Å². The van der Waals surface area contributed by atoms with Gasteiger partial charge in [0, 0.05) is 6.54 Å². The molecule has 6 nitrogen and oxygen atoms in total. The van der Waals surface area contributed by atoms with Crippen LogP contribution < -0.4 is 21.1 Å². The number of para-hydroxylation sites is 2. The molecule has 0 fully saturated rings. The number of nitrogens with two attached hydrogens (primary N) is 1. The molecule has 1 amide bonds. The van der Waals surface area contributed by atoms with E-state index in [1.807, 2.05) is 0 Å². The normalized spacial score (nSPS) is 11.4. The Bertz CT molecular complexity index is 834. The highest BCUT2D eigenvalue weighted by molar-refractivity contribution is 14.0. The Kier molecular flexibility index (Phi) is 9.32. The molecule has 152 valence electrons. The quantitative estimate of drug-likeness (QED) is 0.229. The molecule has 0 aliphatic rings. The van der Waals surface area contributed by atoms with Gasteiger partial charge in [-0.05, 0) is 24.3 Å². The highest BCUT2D eigenvalue weighted by Gasteiger charge is 2.32. The average molecular weight is 529 g/mol. The molecule has 0 radical (unpaired) electrons. The first kappa shape index (κ1) is 23.8. The highest BCUT2D eigenvalue weighted by Crippen LogP contribution is 2.29. The van der Waals surface area contributed by atoms with Crippen LogP contribution in [0.5, 0.6) is 5.75 Å². The first-order chi connectivity index (χ1) is 12.8. The summed E-state index contributed by atoms with van der Waals surface area (Å²) in [4.78, 5) is 15.9. The number of amides is 1. The fraction of sp³-hybridized carbons (Fsp3) is 0.176. The van der Waals surface area contributed by atoms with E-state index in [9.17, 15) is 18.0 Å². The van der Waals surface area contributed by atoms with Crippen molar-refractivity contribution in [3.63, 3.8) is 0 Å². The number of hydrogen-bond donors (Lipinski definition) is 3. The zero-order valence-electron chi connectivity index (χ0n) is 14.3. The van der Waals surface area contributed by atoms with E-state index in [0.717, 1.165) is 6.07 Å². The molecule has 0 aliphatic heterocycles. The standard InChI is InChI=1S/C17H16ClF3N4O2.HI/c18-12-6-2-1-5-11(12)15(26)23-9-10-24-16(22)25-13-7-3-4-8-14(13)27-17(19,20)21;/h1-8H,9-10H2,(H,23,26)(H3,22,24,25);1H. The van der Waals surface area contributed by atoms with E-state index in [1.165, 1.54) is 18.2 Å². The molecule has 2 aromatic carbocycles. The second kappa shape index (κ2) is 11.0. The number of nitrogens with one attached hydrogen (secondary N) is 2. The number of aliphatic imine (C=N–C) groups is 1. The van der Waals surface area contributed by atoms with Crippen molar-refractivity contribution in [3.05, 3.63) is 59.1 Å². The van der Waals surface area contributed by atoms with Crippen molar-refractivity contribution < 1.29 is 22.7 Å². The number of hydrogen-bond acceptors (Lipinski definition) is 3. The van der Waals surface area contributed by atoms with Crippen LogP contribution in [0.25, 0.3) is 0 Å². The monoisotopic (exact) mass is 528 g/mol. The van der Waals surface area contributed by atoms with Gasteiger partial charge in [-0.2, -0.15) is 0 Å². The Morgan fingerprint density at radius 3 is 2.46 bits per heavy atom. The third kappa shape index (κ3) is 7.80. The second-order valence-corrected chi connectivity index (χ2v) is 5.58. The fourth-order valence-corrected chi connectivity index (χ4v) is 2.27. The van der Waals surface area contributed by atoms with Gasteiger partial charge in [-0.1, -0.05) is 35.9 Å². The van der Waals surface area contributed by atoms with Crippen molar-refractivity contribution in [1.82, 2.24) is 5.32 Å². The van der Waals surface area contributed by atoms with Crippen molar-refractivity contribution in [1.29, 1.82) is 0 Å². The zero-order valence-corrected chi connectivity index (χ0v) is 17.4. The number of alkyl halides is 3. The smallest absolute Gasteiger partial charge is 0.404 e. The Morgan fingerprint density at radius 2 is 1.79 bits per heavy atom. The maximum atomic E-state index is 12.4. The van der Waals surface area contributed by atoms with Crippen LogP contribution in [0.2, 0.25) is 5.02 Å². The molecule has 0 saturated heterocycles. The molecule has 11 heteroatoms. The Labute approximate surface area is 181 Å². The number of ether oxygens (including phenoxy) is 1. The Balaban J connectivity index is 0.00000392. The first-order valence-electron chi connectivity index (χ1n) is 7.71. The predicted molar refractivity (Wildman–Crippen MR) is 112 cm³/mol. The van der Waals surface area contributed by atoms with Gasteiger partial charge in [0.15, 0.2) is 11.7 Å². The van der Waals surface area contributed by atoms with Crippen LogP contribution in [0.15, 0.2) is 53.5 Å². The summed E-state index contributed by atoms with van der Waals surface area (Å²) in [6.45, 7) is 0.268. The molecule has 0 saturated carbocycles. The summed E-state index contributed by atoms with van der Waals surface area (Å²) < 4.78 is 41.1. The lowest BCUT2D eigenvalue weighted by molar-refractivity contribution is -0.274. The van der Waals surface area contributed by atoms with E-state index in [-0.39, 0.29) is 54.6 Å². The van der Waals surface area contributed by atoms with Gasteiger partial charge in [-0.3, -0.25) is 9.79 Å². The topological polar surface area (TPSA) is 88.7 Å². The van der Waals surface area contributed by atoms with Crippen LogP contribution in [0, 0.1) is 0 Å². The van der Waals surface area contributed by atoms with Crippen LogP contribution in [0.4, 0.5) is 18.9 Å². The van der Waals surface area contributed by atoms with Crippen LogP contribution >= 0.6 is 35.6 Å². The largest absolute Gasteiger partial charge is 0.573 e. The number of nitrogens with zero attached hydrogens (tertiary/aromatic N) is 1. The summed E-state index contributed by atoms with van der Waals surface area (Å²) in [5.74, 6) is -0.929. The lowest BCUT2D eigenvalue weighted by atomic mass is 10.2. The highest BCUT2D eigenvalue weighted by atomic mass is 127. The SMILES string of the molecule is I.NC(=NCCNC(=O)c1ccccc1Cl)Nc1ccccc1OC(F)(F)F. The number of rotatable bonds is 6. The zero-order chi connectivity index (χ0) is 19.9. The van der Waals surface area contributed by atoms with E-state index >= 15 is 0 Å². The van der Waals surface area contributed by atoms with Crippen LogP contribution in [0.3, 0.4) is 0 Å². The van der Waals surface area contributed by atoms with Crippen molar-refractivity contribution in [2.75, 3.05) is 18.4 Å². The number of carbonyl (C=O) groups is 1. The van der Waals surface area contributed by atoms with Crippen molar-refractivity contribution in [2.24, 2.45) is 10.7 Å². The first-order valence-corrected chi connectivity index (χ1v) is 8.08. The van der Waals surface area contributed by atoms with E-state index in [4.69, 9.17) is 17.3 Å². The third-order valence-electron chi connectivity index (χ3n) is 3.17. The summed E-state index contributed by atoms with van der Waals surface area (Å²) in [7, 11) is 0. The van der Waals surface area contributed by atoms with E-state index < -0.39 is 12.1 Å². The number of benzene rings is 2. The molecule has 0 bridgehead atoms. The van der Waals surface area contributed by atoms with E-state index in [1.54, 1.807) is 24.3 Å². The van der Waals surface area contributed by atoms with Crippen molar-refractivity contribution >= 4 is 53.1 Å². The Morgan fingerprint density at radius 1 is 1.14 bits per heavy atom. The van der Waals surface area contributed by atoms with Gasteiger partial charge < -0.3 is 21.1 Å². The summed E-state index contributed by atoms with van der Waals surface area (Å²) in [6.07, 6.45) is -4.83. The molecule has 0 spiro atoms. The van der Waals surface area contributed by atoms with Gasteiger partial charge >= 0.3 is 6.36 Å². The van der Waals surface area contributed by atoms with Gasteiger partial charge in [-0.15, -0.1) is 37.1 Å². The van der Waals surface area contributed by atoms with Gasteiger partial charge in [0.25, 0.3) is 5.91 Å². The fourth-order valence-electron chi connectivity index (χ4n) is 2.05. The lowest BCUT2D eigenvalue weighted by Crippen LogP contribution is -2.29. The predicted octanol–water partition coefficient (Wildman–Crippen LogP) is 4.01. The maximum Gasteiger partial charge on any atom is 0.573 e. The molecule has 0 unspecified atom stereocenters. The summed E-state index contributed by atoms with van der Waals surface area (Å²) in [5.41, 5.74) is 6.00. The number of carbonyl (C=O) groups excluding carboxylic acids is 1. The van der Waals surface area contributed by atoms with E-state index in [0.29, 0.717) is 10.6 Å². The van der Waals surface area contributed by atoms with Crippen LogP contribution in [-0.4, -0.2) is 31.3 Å². The maximum absolute atomic E-state index is 12.4. The number of guanidine groups is 1. The molecule has 4 N–H and O–H groups in total. The number of halogens is 5. The molecule has 0 aromatic heterocycles. The minimum absolute atomic E-state index is 0. The van der Waals surface area contributed by atoms with Crippen LogP contribution in [-0.2, 0) is 0 Å². The molecule has 0 heterocycles. The third-order valence-corrected chi connectivity index (χ3v) is 3.50. The van der Waals surface area contributed by atoms with Gasteiger partial charge in [0.2, 0.25) is 0 Å². The molecular formula is C17H17ClF3IN4O2. The number of anilines is 1.